The molecule has 2 rings (SSSR count). The van der Waals surface area contributed by atoms with Crippen molar-refractivity contribution in [3.8, 4) is 0 Å². The molecule has 2 aromatic rings. The number of carbonyl (C=O) groups excluding carboxylic acids is 2. The maximum absolute atomic E-state index is 12.5. The Morgan fingerprint density at radius 2 is 1.50 bits per heavy atom. The van der Waals surface area contributed by atoms with E-state index in [1.807, 2.05) is 18.2 Å². The monoisotopic (exact) mass is 390 g/mol. The molecule has 0 amide bonds. The van der Waals surface area contributed by atoms with Gasteiger partial charge in [-0.05, 0) is 46.2 Å². The van der Waals surface area contributed by atoms with E-state index in [2.05, 4.69) is 27.7 Å². The molecule has 0 aliphatic carbocycles. The number of halogens is 2. The molecule has 0 saturated carbocycles. The predicted molar refractivity (Wildman–Crippen MR) is 109 cm³/mol. The number of benzene rings is 2. The van der Waals surface area contributed by atoms with Gasteiger partial charge in [-0.15, -0.1) is 0 Å². The average Bonchev–Trinajstić information content (AvgIpc) is 2.61. The van der Waals surface area contributed by atoms with Crippen LogP contribution in [0.1, 0.15) is 68.2 Å². The third-order valence-corrected chi connectivity index (χ3v) is 5.60. The van der Waals surface area contributed by atoms with E-state index in [9.17, 15) is 9.59 Å². The summed E-state index contributed by atoms with van der Waals surface area (Å²) in [6.07, 6.45) is 1.74. The van der Waals surface area contributed by atoms with Gasteiger partial charge in [0.1, 0.15) is 12.6 Å². The minimum absolute atomic E-state index is 0.0535. The van der Waals surface area contributed by atoms with Crippen LogP contribution >= 0.6 is 23.2 Å². The Balaban J connectivity index is 2.93. The lowest BCUT2D eigenvalue weighted by atomic mass is 9.67. The molecule has 0 aliphatic heterocycles. The first-order valence-electron chi connectivity index (χ1n) is 8.77. The molecule has 26 heavy (non-hydrogen) atoms. The first kappa shape index (κ1) is 20.7. The van der Waals surface area contributed by atoms with Gasteiger partial charge in [0.05, 0.1) is 15.5 Å². The van der Waals surface area contributed by atoms with Crippen LogP contribution < -0.4 is 0 Å². The highest BCUT2D eigenvalue weighted by molar-refractivity contribution is 6.42. The van der Waals surface area contributed by atoms with Gasteiger partial charge in [-0.3, -0.25) is 0 Å². The van der Waals surface area contributed by atoms with Gasteiger partial charge in [0.15, 0.2) is 0 Å². The Morgan fingerprint density at radius 1 is 0.923 bits per heavy atom. The Kier molecular flexibility index (Phi) is 6.65. The van der Waals surface area contributed by atoms with Crippen molar-refractivity contribution in [3.05, 3.63) is 68.7 Å². The average molecular weight is 391 g/mol. The van der Waals surface area contributed by atoms with Gasteiger partial charge < -0.3 is 9.59 Å². The van der Waals surface area contributed by atoms with E-state index < -0.39 is 5.41 Å². The molecule has 0 saturated heterocycles. The highest BCUT2D eigenvalue weighted by atomic mass is 35.5. The molecule has 2 aromatic carbocycles. The molecule has 0 aromatic heterocycles. The lowest BCUT2D eigenvalue weighted by Gasteiger charge is -2.34. The van der Waals surface area contributed by atoms with Crippen LogP contribution in [0.3, 0.4) is 0 Å². The van der Waals surface area contributed by atoms with Crippen LogP contribution in [0.2, 0.25) is 10.0 Å². The van der Waals surface area contributed by atoms with Crippen molar-refractivity contribution < 1.29 is 9.59 Å². The Hall–Kier alpha value is -1.64. The van der Waals surface area contributed by atoms with Crippen molar-refractivity contribution in [2.45, 2.75) is 51.4 Å². The summed E-state index contributed by atoms with van der Waals surface area (Å²) < 4.78 is 0. The molecule has 0 N–H and O–H groups in total. The summed E-state index contributed by atoms with van der Waals surface area (Å²) in [4.78, 5) is 24.2. The van der Waals surface area contributed by atoms with Gasteiger partial charge in [0.25, 0.3) is 0 Å². The van der Waals surface area contributed by atoms with Gasteiger partial charge in [-0.2, -0.15) is 0 Å². The molecule has 0 heterocycles. The maximum Gasteiger partial charge on any atom is 0.135 e. The van der Waals surface area contributed by atoms with E-state index in [4.69, 9.17) is 23.2 Å². The number of hydrogen-bond acceptors (Lipinski definition) is 2. The molecule has 4 heteroatoms. The topological polar surface area (TPSA) is 34.1 Å². The Morgan fingerprint density at radius 3 is 1.92 bits per heavy atom. The van der Waals surface area contributed by atoms with E-state index in [1.165, 1.54) is 0 Å². The third kappa shape index (κ3) is 3.72. The van der Waals surface area contributed by atoms with Crippen molar-refractivity contribution in [1.82, 2.24) is 0 Å². The van der Waals surface area contributed by atoms with E-state index in [1.54, 1.807) is 18.2 Å². The maximum atomic E-state index is 12.5. The van der Waals surface area contributed by atoms with Crippen LogP contribution in [0, 0.1) is 0 Å². The molecule has 0 radical (unpaired) electrons. The summed E-state index contributed by atoms with van der Waals surface area (Å²) in [6, 6.07) is 11.2. The zero-order valence-corrected chi connectivity index (χ0v) is 17.1. The van der Waals surface area contributed by atoms with Crippen LogP contribution in [0.25, 0.3) is 0 Å². The fourth-order valence-corrected chi connectivity index (χ4v) is 3.81. The lowest BCUT2D eigenvalue weighted by Crippen LogP contribution is -2.33. The molecule has 2 nitrogen and oxygen atoms in total. The van der Waals surface area contributed by atoms with E-state index in [0.717, 1.165) is 29.3 Å². The highest BCUT2D eigenvalue weighted by Gasteiger charge is 2.39. The molecule has 1 unspecified atom stereocenters. The molecule has 0 spiro atoms. The molecular formula is C22H24Cl2O2. The smallest absolute Gasteiger partial charge is 0.135 e. The second-order valence-corrected chi connectivity index (χ2v) is 8.02. The molecule has 138 valence electrons. The normalized spacial score (nSPS) is 13.7. The number of hydrogen-bond donors (Lipinski definition) is 0. The molecule has 0 aliphatic rings. The molecule has 1 atom stereocenters. The van der Waals surface area contributed by atoms with Gasteiger partial charge >= 0.3 is 0 Å². The van der Waals surface area contributed by atoms with Crippen molar-refractivity contribution in [2.24, 2.45) is 0 Å². The largest absolute Gasteiger partial charge is 0.303 e. The minimum Gasteiger partial charge on any atom is -0.303 e. The fourth-order valence-electron chi connectivity index (χ4n) is 3.51. The number of aldehydes is 2. The fraction of sp³-hybridized carbons (Fsp3) is 0.364. The van der Waals surface area contributed by atoms with Gasteiger partial charge in [0.2, 0.25) is 0 Å². The molecule has 0 bridgehead atoms. The van der Waals surface area contributed by atoms with E-state index in [-0.39, 0.29) is 18.3 Å². The van der Waals surface area contributed by atoms with Crippen LogP contribution in [0.4, 0.5) is 0 Å². The van der Waals surface area contributed by atoms with E-state index >= 15 is 0 Å². The zero-order chi connectivity index (χ0) is 19.5. The first-order chi connectivity index (χ1) is 12.3. The van der Waals surface area contributed by atoms with Crippen molar-refractivity contribution in [2.75, 3.05) is 0 Å². The summed E-state index contributed by atoms with van der Waals surface area (Å²) in [7, 11) is 0. The standard InChI is InChI=1S/C22H24Cl2O2/c1-14(2)17-6-5-7-18(15(3)4)21(17)22(13-26,10-11-25)16-8-9-19(23)20(24)12-16/h5-9,11-15H,10H2,1-4H3. The lowest BCUT2D eigenvalue weighted by molar-refractivity contribution is -0.115. The molecular weight excluding hydrogens is 367 g/mol. The van der Waals surface area contributed by atoms with Crippen LogP contribution in [-0.2, 0) is 15.0 Å². The van der Waals surface area contributed by atoms with Crippen LogP contribution in [0.15, 0.2) is 36.4 Å². The second-order valence-electron chi connectivity index (χ2n) is 7.21. The zero-order valence-electron chi connectivity index (χ0n) is 15.6. The van der Waals surface area contributed by atoms with Gasteiger partial charge in [-0.25, -0.2) is 0 Å². The summed E-state index contributed by atoms with van der Waals surface area (Å²) in [6.45, 7) is 8.37. The van der Waals surface area contributed by atoms with E-state index in [0.29, 0.717) is 15.6 Å². The first-order valence-corrected chi connectivity index (χ1v) is 9.52. The van der Waals surface area contributed by atoms with Gasteiger partial charge in [0, 0.05) is 6.42 Å². The predicted octanol–water partition coefficient (Wildman–Crippen LogP) is 6.31. The number of rotatable bonds is 7. The van der Waals surface area contributed by atoms with Gasteiger partial charge in [-0.1, -0.05) is 75.2 Å². The van der Waals surface area contributed by atoms with Crippen molar-refractivity contribution in [3.63, 3.8) is 0 Å². The SMILES string of the molecule is CC(C)c1cccc(C(C)C)c1C(C=O)(CC=O)c1ccc(Cl)c(Cl)c1. The molecule has 0 fully saturated rings. The Bertz CT molecular complexity index is 786. The van der Waals surface area contributed by atoms with Crippen molar-refractivity contribution >= 4 is 35.8 Å². The summed E-state index contributed by atoms with van der Waals surface area (Å²) in [5.74, 6) is 0.412. The van der Waals surface area contributed by atoms with Crippen molar-refractivity contribution in [1.29, 1.82) is 0 Å². The van der Waals surface area contributed by atoms with Crippen LogP contribution in [0.5, 0.6) is 0 Å². The number of carbonyl (C=O) groups is 2. The quantitative estimate of drug-likeness (QED) is 0.518. The third-order valence-electron chi connectivity index (χ3n) is 4.86. The Labute approximate surface area is 165 Å². The summed E-state index contributed by atoms with van der Waals surface area (Å²) >= 11 is 12.3. The van der Waals surface area contributed by atoms with Crippen LogP contribution in [-0.4, -0.2) is 12.6 Å². The summed E-state index contributed by atoms with van der Waals surface area (Å²) in [5, 5.41) is 0.789. The minimum atomic E-state index is -1.09. The summed E-state index contributed by atoms with van der Waals surface area (Å²) in [5.41, 5.74) is 2.64. The highest BCUT2D eigenvalue weighted by Crippen LogP contribution is 2.43. The second kappa shape index (κ2) is 8.37.